The Kier molecular flexibility index (Phi) is 3.82. The van der Waals surface area contributed by atoms with Crippen LogP contribution in [0.5, 0.6) is 0 Å². The molecule has 3 nitrogen and oxygen atoms in total. The molecule has 1 heterocycles. The molecule has 3 heteroatoms. The lowest BCUT2D eigenvalue weighted by Crippen LogP contribution is -2.32. The maximum Gasteiger partial charge on any atom is 0.0945 e. The summed E-state index contributed by atoms with van der Waals surface area (Å²) in [6.45, 7) is 6.33. The Morgan fingerprint density at radius 1 is 1.22 bits per heavy atom. The zero-order chi connectivity index (χ0) is 13.0. The minimum absolute atomic E-state index is 0.139. The second-order valence-electron chi connectivity index (χ2n) is 5.35. The van der Waals surface area contributed by atoms with Crippen LogP contribution < -0.4 is 5.32 Å². The summed E-state index contributed by atoms with van der Waals surface area (Å²) in [5.41, 5.74) is 2.71. The van der Waals surface area contributed by atoms with Crippen molar-refractivity contribution in [1.29, 1.82) is 0 Å². The number of aromatic nitrogens is 2. The molecule has 1 aromatic heterocycles. The Bertz CT molecular complexity index is 485. The van der Waals surface area contributed by atoms with Crippen molar-refractivity contribution < 1.29 is 0 Å². The van der Waals surface area contributed by atoms with Gasteiger partial charge in [-0.05, 0) is 5.56 Å². The van der Waals surface area contributed by atoms with Crippen LogP contribution in [-0.4, -0.2) is 16.1 Å². The Hall–Kier alpha value is -1.61. The normalized spacial score (nSPS) is 11.7. The van der Waals surface area contributed by atoms with Crippen molar-refractivity contribution in [3.8, 4) is 0 Å². The number of hydrogen-bond donors (Lipinski definition) is 1. The first kappa shape index (κ1) is 12.8. The lowest BCUT2D eigenvalue weighted by atomic mass is 9.84. The number of aryl methyl sites for hydroxylation is 1. The molecule has 0 aliphatic carbocycles. The summed E-state index contributed by atoms with van der Waals surface area (Å²) in [6.07, 6.45) is 3.74. The highest BCUT2D eigenvalue weighted by Gasteiger charge is 2.19. The molecule has 2 aromatic rings. The first-order chi connectivity index (χ1) is 8.59. The van der Waals surface area contributed by atoms with E-state index in [1.807, 2.05) is 24.1 Å². The van der Waals surface area contributed by atoms with E-state index in [4.69, 9.17) is 0 Å². The van der Waals surface area contributed by atoms with Gasteiger partial charge in [-0.1, -0.05) is 44.2 Å². The third-order valence-corrected chi connectivity index (χ3v) is 3.34. The van der Waals surface area contributed by atoms with Crippen LogP contribution in [0.1, 0.15) is 25.1 Å². The third-order valence-electron chi connectivity index (χ3n) is 3.34. The molecule has 0 atom stereocenters. The molecule has 1 N–H and O–H groups in total. The van der Waals surface area contributed by atoms with Crippen LogP contribution in [0.15, 0.2) is 42.9 Å². The molecule has 1 aromatic carbocycles. The minimum Gasteiger partial charge on any atom is -0.337 e. The van der Waals surface area contributed by atoms with Crippen molar-refractivity contribution in [3.05, 3.63) is 54.1 Å². The third kappa shape index (κ3) is 2.99. The molecule has 0 saturated carbocycles. The fourth-order valence-electron chi connectivity index (χ4n) is 2.05. The van der Waals surface area contributed by atoms with Crippen LogP contribution in [0.2, 0.25) is 0 Å². The highest BCUT2D eigenvalue weighted by atomic mass is 15.0. The molecular weight excluding hydrogens is 222 g/mol. The van der Waals surface area contributed by atoms with Gasteiger partial charge in [0.25, 0.3) is 0 Å². The Balaban J connectivity index is 1.92. The summed E-state index contributed by atoms with van der Waals surface area (Å²) in [6, 6.07) is 10.6. The molecule has 0 aliphatic rings. The lowest BCUT2D eigenvalue weighted by Gasteiger charge is -2.25. The maximum atomic E-state index is 4.12. The summed E-state index contributed by atoms with van der Waals surface area (Å²) in [4.78, 5) is 4.12. The number of nitrogens with one attached hydrogen (secondary N) is 1. The van der Waals surface area contributed by atoms with Gasteiger partial charge in [0.2, 0.25) is 0 Å². The van der Waals surface area contributed by atoms with E-state index in [1.165, 1.54) is 11.3 Å². The van der Waals surface area contributed by atoms with Crippen molar-refractivity contribution in [3.63, 3.8) is 0 Å². The zero-order valence-electron chi connectivity index (χ0n) is 11.4. The highest BCUT2D eigenvalue weighted by molar-refractivity contribution is 5.23. The van der Waals surface area contributed by atoms with E-state index in [-0.39, 0.29) is 5.41 Å². The molecule has 0 saturated heterocycles. The highest BCUT2D eigenvalue weighted by Crippen LogP contribution is 2.21. The Labute approximate surface area is 109 Å². The van der Waals surface area contributed by atoms with Crippen molar-refractivity contribution >= 4 is 0 Å². The second kappa shape index (κ2) is 5.36. The molecule has 0 radical (unpaired) electrons. The molecule has 0 bridgehead atoms. The molecular formula is C15H21N3. The van der Waals surface area contributed by atoms with Gasteiger partial charge >= 0.3 is 0 Å². The summed E-state index contributed by atoms with van der Waals surface area (Å²) in [7, 11) is 2.02. The molecule has 0 amide bonds. The molecule has 0 aliphatic heterocycles. The van der Waals surface area contributed by atoms with Gasteiger partial charge in [-0.15, -0.1) is 0 Å². The van der Waals surface area contributed by atoms with Crippen molar-refractivity contribution in [2.75, 3.05) is 6.54 Å². The van der Waals surface area contributed by atoms with E-state index in [1.54, 1.807) is 0 Å². The van der Waals surface area contributed by atoms with Crippen molar-refractivity contribution in [2.45, 2.75) is 25.8 Å². The van der Waals surface area contributed by atoms with Gasteiger partial charge in [0.1, 0.15) is 0 Å². The number of nitrogens with zero attached hydrogens (tertiary/aromatic N) is 2. The summed E-state index contributed by atoms with van der Waals surface area (Å²) < 4.78 is 2.04. The smallest absolute Gasteiger partial charge is 0.0945 e. The topological polar surface area (TPSA) is 29.9 Å². The quantitative estimate of drug-likeness (QED) is 0.874. The minimum atomic E-state index is 0.139. The number of rotatable bonds is 5. The van der Waals surface area contributed by atoms with Crippen LogP contribution >= 0.6 is 0 Å². The molecule has 0 unspecified atom stereocenters. The van der Waals surface area contributed by atoms with Crippen LogP contribution in [0.25, 0.3) is 0 Å². The van der Waals surface area contributed by atoms with E-state index in [9.17, 15) is 0 Å². The van der Waals surface area contributed by atoms with Crippen LogP contribution in [-0.2, 0) is 19.0 Å². The van der Waals surface area contributed by atoms with Gasteiger partial charge in [-0.3, -0.25) is 0 Å². The van der Waals surface area contributed by atoms with Gasteiger partial charge in [0, 0.05) is 31.7 Å². The molecule has 0 spiro atoms. The van der Waals surface area contributed by atoms with Gasteiger partial charge in [-0.2, -0.15) is 0 Å². The summed E-state index contributed by atoms with van der Waals surface area (Å²) in [5, 5.41) is 3.51. The van der Waals surface area contributed by atoms with Crippen LogP contribution in [0.4, 0.5) is 0 Å². The number of imidazole rings is 1. The summed E-state index contributed by atoms with van der Waals surface area (Å²) in [5.74, 6) is 0. The SMILES string of the molecule is Cn1cncc1CNCC(C)(C)c1ccccc1. The fourth-order valence-corrected chi connectivity index (χ4v) is 2.05. The van der Waals surface area contributed by atoms with Crippen LogP contribution in [0, 0.1) is 0 Å². The Morgan fingerprint density at radius 3 is 2.56 bits per heavy atom. The summed E-state index contributed by atoms with van der Waals surface area (Å²) >= 11 is 0. The predicted molar refractivity (Wildman–Crippen MR) is 74.4 cm³/mol. The van der Waals surface area contributed by atoms with Crippen molar-refractivity contribution in [1.82, 2.24) is 14.9 Å². The van der Waals surface area contributed by atoms with E-state index in [0.717, 1.165) is 13.1 Å². The monoisotopic (exact) mass is 243 g/mol. The second-order valence-corrected chi connectivity index (χ2v) is 5.35. The van der Waals surface area contributed by atoms with Gasteiger partial charge in [0.15, 0.2) is 0 Å². The predicted octanol–water partition coefficient (Wildman–Crippen LogP) is 2.49. The first-order valence-corrected chi connectivity index (χ1v) is 6.31. The zero-order valence-corrected chi connectivity index (χ0v) is 11.4. The molecule has 96 valence electrons. The molecule has 0 fully saturated rings. The lowest BCUT2D eigenvalue weighted by molar-refractivity contribution is 0.464. The van der Waals surface area contributed by atoms with Crippen molar-refractivity contribution in [2.24, 2.45) is 7.05 Å². The number of hydrogen-bond acceptors (Lipinski definition) is 2. The van der Waals surface area contributed by atoms with Gasteiger partial charge in [-0.25, -0.2) is 4.98 Å². The molecule has 18 heavy (non-hydrogen) atoms. The largest absolute Gasteiger partial charge is 0.337 e. The fraction of sp³-hybridized carbons (Fsp3) is 0.400. The average molecular weight is 243 g/mol. The van der Waals surface area contributed by atoms with E-state index in [2.05, 4.69) is 54.5 Å². The van der Waals surface area contributed by atoms with E-state index in [0.29, 0.717) is 0 Å². The molecule has 2 rings (SSSR count). The van der Waals surface area contributed by atoms with Gasteiger partial charge in [0.05, 0.1) is 12.0 Å². The van der Waals surface area contributed by atoms with E-state index < -0.39 is 0 Å². The maximum absolute atomic E-state index is 4.12. The van der Waals surface area contributed by atoms with Gasteiger partial charge < -0.3 is 9.88 Å². The van der Waals surface area contributed by atoms with Crippen LogP contribution in [0.3, 0.4) is 0 Å². The van der Waals surface area contributed by atoms with E-state index >= 15 is 0 Å². The standard InChI is InChI=1S/C15H21N3/c1-15(2,13-7-5-4-6-8-13)11-16-9-14-10-17-12-18(14)3/h4-8,10,12,16H,9,11H2,1-3H3. The first-order valence-electron chi connectivity index (χ1n) is 6.31. The number of benzene rings is 1. The Morgan fingerprint density at radius 2 is 1.94 bits per heavy atom. The average Bonchev–Trinajstić information content (AvgIpc) is 2.76.